The quantitative estimate of drug-likeness (QED) is 0.859. The van der Waals surface area contributed by atoms with Crippen molar-refractivity contribution in [2.24, 2.45) is 5.92 Å². The highest BCUT2D eigenvalue weighted by Gasteiger charge is 2.45. The highest BCUT2D eigenvalue weighted by molar-refractivity contribution is 5.07. The fraction of sp³-hybridized carbons (Fsp3) is 0.867. The van der Waals surface area contributed by atoms with Crippen LogP contribution < -0.4 is 0 Å². The van der Waals surface area contributed by atoms with Crippen LogP contribution in [0.5, 0.6) is 0 Å². The van der Waals surface area contributed by atoms with Crippen LogP contribution in [0.3, 0.4) is 0 Å². The van der Waals surface area contributed by atoms with Gasteiger partial charge in [-0.25, -0.2) is 8.78 Å². The minimum absolute atomic E-state index is 0.0779. The highest BCUT2D eigenvalue weighted by Crippen LogP contribution is 2.43. The fourth-order valence-corrected chi connectivity index (χ4v) is 4.19. The van der Waals surface area contributed by atoms with E-state index in [1.54, 1.807) is 0 Å². The molecule has 21 heavy (non-hydrogen) atoms. The molecule has 2 aliphatic heterocycles. The van der Waals surface area contributed by atoms with Gasteiger partial charge < -0.3 is 9.47 Å². The van der Waals surface area contributed by atoms with Crippen molar-refractivity contribution in [3.05, 3.63) is 11.6 Å². The van der Waals surface area contributed by atoms with Crippen molar-refractivity contribution in [1.82, 2.24) is 19.7 Å². The van der Waals surface area contributed by atoms with Gasteiger partial charge in [0.1, 0.15) is 11.6 Å². The Labute approximate surface area is 123 Å². The maximum absolute atomic E-state index is 13.0. The molecular formula is C15H22F2N4. The molecule has 0 amide bonds. The van der Waals surface area contributed by atoms with Crippen LogP contribution in [0.25, 0.3) is 0 Å². The number of alkyl halides is 2. The van der Waals surface area contributed by atoms with E-state index in [9.17, 15) is 8.78 Å². The zero-order chi connectivity index (χ0) is 14.4. The molecule has 1 aromatic heterocycles. The van der Waals surface area contributed by atoms with Crippen molar-refractivity contribution in [2.75, 3.05) is 19.6 Å². The van der Waals surface area contributed by atoms with Gasteiger partial charge in [0, 0.05) is 44.8 Å². The highest BCUT2D eigenvalue weighted by atomic mass is 19.3. The first-order valence-corrected chi connectivity index (χ1v) is 8.13. The van der Waals surface area contributed by atoms with Crippen LogP contribution in [-0.4, -0.2) is 45.2 Å². The summed E-state index contributed by atoms with van der Waals surface area (Å²) in [4.78, 5) is 2.37. The Balaban J connectivity index is 1.39. The van der Waals surface area contributed by atoms with Crippen molar-refractivity contribution >= 4 is 0 Å². The summed E-state index contributed by atoms with van der Waals surface area (Å²) in [7, 11) is 0. The minimum atomic E-state index is -2.40. The molecule has 0 aromatic carbocycles. The van der Waals surface area contributed by atoms with Crippen LogP contribution in [0.15, 0.2) is 0 Å². The molecule has 1 saturated carbocycles. The summed E-state index contributed by atoms with van der Waals surface area (Å²) in [6.07, 6.45) is 4.65. The number of halogens is 2. The summed E-state index contributed by atoms with van der Waals surface area (Å²) in [5.41, 5.74) is 0. The average molecular weight is 296 g/mol. The number of rotatable bonds is 3. The van der Waals surface area contributed by atoms with Crippen LogP contribution in [0.4, 0.5) is 8.78 Å². The molecule has 3 aliphatic rings. The Morgan fingerprint density at radius 1 is 1.14 bits per heavy atom. The van der Waals surface area contributed by atoms with Gasteiger partial charge >= 0.3 is 0 Å². The van der Waals surface area contributed by atoms with E-state index >= 15 is 0 Å². The third-order valence-corrected chi connectivity index (χ3v) is 5.20. The number of piperidine rings is 1. The number of aromatic nitrogens is 3. The van der Waals surface area contributed by atoms with Crippen LogP contribution in [0, 0.1) is 5.92 Å². The van der Waals surface area contributed by atoms with Crippen LogP contribution in [0.1, 0.15) is 49.7 Å². The van der Waals surface area contributed by atoms with E-state index in [4.69, 9.17) is 0 Å². The number of hydrogen-bond donors (Lipinski definition) is 0. The van der Waals surface area contributed by atoms with Gasteiger partial charge in [-0.1, -0.05) is 0 Å². The summed E-state index contributed by atoms with van der Waals surface area (Å²) in [6, 6.07) is 0. The minimum Gasteiger partial charge on any atom is -0.315 e. The standard InChI is InChI=1S/C15H22F2N4/c16-15(17)7-11(8-15)9-20-5-1-3-12(10-20)14-19-18-13-4-2-6-21(13)14/h11-12H,1-10H2/t12-/m0/s1. The lowest BCUT2D eigenvalue weighted by atomic mass is 9.80. The van der Waals surface area contributed by atoms with Gasteiger partial charge in [-0.2, -0.15) is 0 Å². The van der Waals surface area contributed by atoms with E-state index in [2.05, 4.69) is 19.7 Å². The van der Waals surface area contributed by atoms with Crippen LogP contribution >= 0.6 is 0 Å². The van der Waals surface area contributed by atoms with Gasteiger partial charge in [0.25, 0.3) is 0 Å². The van der Waals surface area contributed by atoms with E-state index in [1.807, 2.05) is 0 Å². The monoisotopic (exact) mass is 296 g/mol. The Bertz CT molecular complexity index is 520. The predicted molar refractivity (Wildman–Crippen MR) is 74.4 cm³/mol. The largest absolute Gasteiger partial charge is 0.315 e. The maximum atomic E-state index is 13.0. The summed E-state index contributed by atoms with van der Waals surface area (Å²) >= 11 is 0. The van der Waals surface area contributed by atoms with E-state index in [0.29, 0.717) is 5.92 Å². The number of likely N-dealkylation sites (tertiary alicyclic amines) is 1. The summed E-state index contributed by atoms with van der Waals surface area (Å²) < 4.78 is 28.2. The topological polar surface area (TPSA) is 34.0 Å². The van der Waals surface area contributed by atoms with Crippen LogP contribution in [-0.2, 0) is 13.0 Å². The number of nitrogens with zero attached hydrogens (tertiary/aromatic N) is 4. The molecule has 3 heterocycles. The normalized spacial score (nSPS) is 29.3. The van der Waals surface area contributed by atoms with Crippen molar-refractivity contribution in [3.63, 3.8) is 0 Å². The molecule has 0 bridgehead atoms. The van der Waals surface area contributed by atoms with Gasteiger partial charge in [-0.05, 0) is 31.7 Å². The second-order valence-corrected chi connectivity index (χ2v) is 6.96. The molecule has 0 spiro atoms. The molecule has 116 valence electrons. The lowest BCUT2D eigenvalue weighted by Gasteiger charge is -2.40. The van der Waals surface area contributed by atoms with Crippen LogP contribution in [0.2, 0.25) is 0 Å². The van der Waals surface area contributed by atoms with E-state index in [1.165, 1.54) is 6.42 Å². The number of hydrogen-bond acceptors (Lipinski definition) is 3. The van der Waals surface area contributed by atoms with Gasteiger partial charge in [-0.3, -0.25) is 0 Å². The first kappa shape index (κ1) is 13.6. The molecule has 1 saturated heterocycles. The molecular weight excluding hydrogens is 274 g/mol. The Kier molecular flexibility index (Phi) is 3.24. The SMILES string of the molecule is FC1(F)CC(CN2CCC[C@H](c3nnc4n3CCC4)C2)C1. The molecule has 2 fully saturated rings. The second kappa shape index (κ2) is 5.00. The van der Waals surface area contributed by atoms with Crippen molar-refractivity contribution < 1.29 is 8.78 Å². The van der Waals surface area contributed by atoms with Crippen molar-refractivity contribution in [2.45, 2.75) is 56.9 Å². The fourth-order valence-electron chi connectivity index (χ4n) is 4.19. The van der Waals surface area contributed by atoms with E-state index in [-0.39, 0.29) is 18.8 Å². The number of aryl methyl sites for hydroxylation is 1. The summed E-state index contributed by atoms with van der Waals surface area (Å²) in [5.74, 6) is 0.474. The van der Waals surface area contributed by atoms with Crippen molar-refractivity contribution in [1.29, 1.82) is 0 Å². The molecule has 1 aliphatic carbocycles. The lowest BCUT2D eigenvalue weighted by Crippen LogP contribution is -2.45. The molecule has 0 unspecified atom stereocenters. The Morgan fingerprint density at radius 3 is 2.81 bits per heavy atom. The molecule has 6 heteroatoms. The Hall–Kier alpha value is -1.04. The smallest absolute Gasteiger partial charge is 0.248 e. The molecule has 4 rings (SSSR count). The third kappa shape index (κ3) is 2.58. The molecule has 4 nitrogen and oxygen atoms in total. The van der Waals surface area contributed by atoms with Crippen molar-refractivity contribution in [3.8, 4) is 0 Å². The maximum Gasteiger partial charge on any atom is 0.248 e. The van der Waals surface area contributed by atoms with E-state index in [0.717, 1.165) is 57.1 Å². The van der Waals surface area contributed by atoms with Gasteiger partial charge in [0.15, 0.2) is 0 Å². The summed E-state index contributed by atoms with van der Waals surface area (Å²) in [5, 5.41) is 8.70. The van der Waals surface area contributed by atoms with E-state index < -0.39 is 5.92 Å². The second-order valence-electron chi connectivity index (χ2n) is 6.96. The number of fused-ring (bicyclic) bond motifs is 1. The summed E-state index contributed by atoms with van der Waals surface area (Å²) in [6.45, 7) is 3.87. The zero-order valence-corrected chi connectivity index (χ0v) is 12.3. The molecule has 1 atom stereocenters. The predicted octanol–water partition coefficient (Wildman–Crippen LogP) is 2.45. The molecule has 0 radical (unpaired) electrons. The first-order valence-electron chi connectivity index (χ1n) is 8.13. The van der Waals surface area contributed by atoms with Gasteiger partial charge in [-0.15, -0.1) is 10.2 Å². The third-order valence-electron chi connectivity index (χ3n) is 5.20. The van der Waals surface area contributed by atoms with Gasteiger partial charge in [0.05, 0.1) is 0 Å². The first-order chi connectivity index (χ1) is 10.1. The molecule has 0 N–H and O–H groups in total. The Morgan fingerprint density at radius 2 is 2.00 bits per heavy atom. The zero-order valence-electron chi connectivity index (χ0n) is 12.3. The lowest BCUT2D eigenvalue weighted by molar-refractivity contribution is -0.117. The molecule has 1 aromatic rings. The van der Waals surface area contributed by atoms with Gasteiger partial charge in [0.2, 0.25) is 5.92 Å². The average Bonchev–Trinajstić information content (AvgIpc) is 2.99.